The maximum atomic E-state index is 12.9. The highest BCUT2D eigenvalue weighted by Crippen LogP contribution is 2.56. The van der Waals surface area contributed by atoms with E-state index >= 15 is 0 Å². The minimum Gasteiger partial charge on any atom is -0.508 e. The predicted molar refractivity (Wildman–Crippen MR) is 234 cm³/mol. The third-order valence-corrected chi connectivity index (χ3v) is 13.0. The van der Waals surface area contributed by atoms with Gasteiger partial charge in [0.2, 0.25) is 12.0 Å². The Morgan fingerprint density at radius 3 is 2.45 bits per heavy atom. The number of aryl methyl sites for hydroxylation is 1. The van der Waals surface area contributed by atoms with Crippen LogP contribution in [-0.4, -0.2) is 131 Å². The van der Waals surface area contributed by atoms with Crippen LogP contribution in [0.25, 0.3) is 5.76 Å². The van der Waals surface area contributed by atoms with E-state index in [1.807, 2.05) is 13.0 Å². The molecular formula is C47H49N4O15+. The van der Waals surface area contributed by atoms with Gasteiger partial charge in [0.05, 0.1) is 24.8 Å². The van der Waals surface area contributed by atoms with Crippen molar-refractivity contribution in [3.63, 3.8) is 0 Å². The van der Waals surface area contributed by atoms with Gasteiger partial charge < -0.3 is 69.6 Å². The molecule has 0 spiro atoms. The van der Waals surface area contributed by atoms with Crippen LogP contribution >= 0.6 is 0 Å². The number of rotatable bonds is 14. The first kappa shape index (κ1) is 44.6. The summed E-state index contributed by atoms with van der Waals surface area (Å²) in [6, 6.07) is 12.7. The summed E-state index contributed by atoms with van der Waals surface area (Å²) in [4.78, 5) is 25.1. The number of ether oxygens (including phenoxy) is 5. The molecule has 346 valence electrons. The summed E-state index contributed by atoms with van der Waals surface area (Å²) in [7, 11) is 0. The van der Waals surface area contributed by atoms with Crippen LogP contribution < -0.4 is 24.4 Å². The molecule has 0 radical (unpaired) electrons. The third kappa shape index (κ3) is 7.56. The minimum absolute atomic E-state index is 0.00283. The Morgan fingerprint density at radius 1 is 1.05 bits per heavy atom. The molecule has 6 aliphatic rings. The molecule has 4 aliphatic heterocycles. The van der Waals surface area contributed by atoms with Crippen molar-refractivity contribution in [2.45, 2.75) is 92.6 Å². The minimum atomic E-state index is -2.65. The fraction of sp³-hybridized carbons (Fsp3) is 0.383. The lowest BCUT2D eigenvalue weighted by Crippen LogP contribution is -2.78. The van der Waals surface area contributed by atoms with Crippen molar-refractivity contribution in [2.75, 3.05) is 13.2 Å². The number of nitrogens with two attached hydrogens (primary N) is 1. The fourth-order valence-electron chi connectivity index (χ4n) is 9.52. The Labute approximate surface area is 376 Å². The van der Waals surface area contributed by atoms with Gasteiger partial charge in [-0.25, -0.2) is 9.79 Å². The molecule has 0 aromatic heterocycles. The third-order valence-electron chi connectivity index (χ3n) is 13.0. The van der Waals surface area contributed by atoms with E-state index in [0.29, 0.717) is 43.2 Å². The summed E-state index contributed by atoms with van der Waals surface area (Å²) in [6.07, 6.45) is 0.944. The van der Waals surface area contributed by atoms with Crippen molar-refractivity contribution in [1.29, 1.82) is 0 Å². The summed E-state index contributed by atoms with van der Waals surface area (Å²) < 4.78 is 31.3. The molecule has 3 aromatic carbocycles. The zero-order valence-electron chi connectivity index (χ0n) is 35.5. The van der Waals surface area contributed by atoms with Gasteiger partial charge >= 0.3 is 11.8 Å². The first-order valence-corrected chi connectivity index (χ1v) is 21.4. The topological polar surface area (TPSA) is 308 Å². The van der Waals surface area contributed by atoms with Gasteiger partial charge in [-0.15, -0.1) is 0 Å². The molecule has 3 aromatic rings. The van der Waals surface area contributed by atoms with Crippen molar-refractivity contribution < 1.29 is 79.8 Å². The van der Waals surface area contributed by atoms with Crippen LogP contribution in [0.2, 0.25) is 0 Å². The number of hydrogen-bond acceptors (Lipinski definition) is 16. The Morgan fingerprint density at radius 2 is 1.80 bits per heavy atom. The molecule has 9 rings (SSSR count). The number of aliphatic hydroxyl groups excluding tert-OH is 4. The van der Waals surface area contributed by atoms with E-state index < -0.39 is 83.6 Å². The smallest absolute Gasteiger partial charge is 0.336 e. The van der Waals surface area contributed by atoms with E-state index in [1.165, 1.54) is 36.7 Å². The van der Waals surface area contributed by atoms with E-state index in [2.05, 4.69) is 15.0 Å². The number of carbonyl (C=O) groups is 1. The van der Waals surface area contributed by atoms with Gasteiger partial charge in [0.25, 0.3) is 0 Å². The average molecular weight is 910 g/mol. The monoisotopic (exact) mass is 909 g/mol. The van der Waals surface area contributed by atoms with Crippen molar-refractivity contribution in [3.05, 3.63) is 101 Å². The maximum absolute atomic E-state index is 12.9. The second kappa shape index (κ2) is 17.0. The van der Waals surface area contributed by atoms with Crippen molar-refractivity contribution in [3.8, 4) is 34.5 Å². The zero-order chi connectivity index (χ0) is 46.7. The lowest BCUT2D eigenvalue weighted by molar-refractivity contribution is -0.337. The number of fused-ring (bicyclic) bond motifs is 3. The molecular weight excluding hydrogens is 861 g/mol. The molecule has 2 fully saturated rings. The summed E-state index contributed by atoms with van der Waals surface area (Å²) >= 11 is 0. The highest BCUT2D eigenvalue weighted by molar-refractivity contribution is 6.15. The normalized spacial score (nSPS) is 29.0. The number of benzene rings is 3. The molecule has 9 atom stereocenters. The van der Waals surface area contributed by atoms with Crippen LogP contribution in [0.15, 0.2) is 93.9 Å². The molecule has 4 heterocycles. The number of aliphatic imine (C=N–C) groups is 3. The number of nitrogens with zero attached hydrogens (tertiary/aromatic N) is 3. The Balaban J connectivity index is 1.09. The quantitative estimate of drug-likeness (QED) is 0.103. The molecule has 19 nitrogen and oxygen atoms in total. The van der Waals surface area contributed by atoms with Gasteiger partial charge in [-0.05, 0) is 90.2 Å². The summed E-state index contributed by atoms with van der Waals surface area (Å²) in [6.45, 7) is 1.38. The number of aliphatic carboxylic acids is 1. The standard InChI is InChI=1S/C47H48N4O15/c1-2-23-15-25(17-26(53)16-23)45(12-3-4-13-45)66-40-34(64-44-46(60)14-11-28(30-20-49-22-50-30)47(61,43(46)59)41(65-44)42(57)58)19-33-37(39(40)56)31(54)18-32(63-33)24-5-7-27(8-6-24)62-35(21-52)38(55)29-9-10-36(48)51-29/h5-11,14-19,22,28,32,35,38,41,43-44,48,52-56,59-61H,2-4,12-13,20-21H2,1H3,(H,57,58)/p+1. The fourth-order valence-corrected chi connectivity index (χ4v) is 9.52. The number of amidine groups is 1. The molecule has 2 bridgehead atoms. The second-order valence-corrected chi connectivity index (χ2v) is 17.1. The van der Waals surface area contributed by atoms with E-state index in [4.69, 9.17) is 29.1 Å². The predicted octanol–water partition coefficient (Wildman–Crippen LogP) is 1.49. The van der Waals surface area contributed by atoms with E-state index in [1.54, 1.807) is 36.4 Å². The SMILES string of the molecule is CCc1cc(O)cc(C2(Oc3c(OC4OC(C(=O)O)C5(O)C(C6=NC=NC6)C=CC4(O)C5O)cc4c(c3O)C(O)=CC(c3ccc(OC(CO)C(O)C5=NC(=[NH2+])C=C5)cc3)O4)CCCC2)c1. The highest BCUT2D eigenvalue weighted by atomic mass is 16.7. The van der Waals surface area contributed by atoms with E-state index in [0.717, 1.165) is 11.6 Å². The summed E-state index contributed by atoms with van der Waals surface area (Å²) in [5, 5.41) is 108. The number of aromatic hydroxyl groups is 2. The molecule has 1 saturated heterocycles. The Kier molecular flexibility index (Phi) is 11.5. The van der Waals surface area contributed by atoms with Gasteiger partial charge in [0.1, 0.15) is 58.3 Å². The summed E-state index contributed by atoms with van der Waals surface area (Å²) in [5.41, 5.74) is -4.31. The van der Waals surface area contributed by atoms with Crippen LogP contribution in [0.3, 0.4) is 0 Å². The summed E-state index contributed by atoms with van der Waals surface area (Å²) in [5.74, 6) is -4.44. The van der Waals surface area contributed by atoms with Crippen LogP contribution in [0, 0.1) is 5.92 Å². The molecule has 19 heteroatoms. The molecule has 1 saturated carbocycles. The van der Waals surface area contributed by atoms with Crippen molar-refractivity contribution in [2.24, 2.45) is 20.9 Å². The van der Waals surface area contributed by atoms with E-state index in [9.17, 15) is 50.8 Å². The number of hydrogen-bond donors (Lipinski definition) is 10. The van der Waals surface area contributed by atoms with Gasteiger partial charge in [-0.3, -0.25) is 10.4 Å². The maximum Gasteiger partial charge on any atom is 0.336 e. The largest absolute Gasteiger partial charge is 0.508 e. The highest BCUT2D eigenvalue weighted by Gasteiger charge is 2.70. The van der Waals surface area contributed by atoms with Crippen LogP contribution in [-0.2, 0) is 21.6 Å². The second-order valence-electron chi connectivity index (χ2n) is 17.1. The van der Waals surface area contributed by atoms with Gasteiger partial charge in [0.15, 0.2) is 41.1 Å². The number of phenols is 2. The molecule has 66 heavy (non-hydrogen) atoms. The molecule has 0 amide bonds. The molecule has 9 unspecified atom stereocenters. The lowest BCUT2D eigenvalue weighted by Gasteiger charge is -2.55. The van der Waals surface area contributed by atoms with Crippen LogP contribution in [0.5, 0.6) is 34.5 Å². The van der Waals surface area contributed by atoms with Crippen LogP contribution in [0.1, 0.15) is 61.0 Å². The van der Waals surface area contributed by atoms with Gasteiger partial charge in [-0.1, -0.05) is 31.2 Å². The molecule has 2 aliphatic carbocycles. The van der Waals surface area contributed by atoms with Gasteiger partial charge in [0, 0.05) is 18.2 Å². The van der Waals surface area contributed by atoms with Gasteiger partial charge in [-0.2, -0.15) is 0 Å². The number of carboxylic acid groups (broad SMARTS) is 1. The van der Waals surface area contributed by atoms with Crippen molar-refractivity contribution >= 4 is 35.3 Å². The number of carboxylic acids is 1. The zero-order valence-corrected chi connectivity index (χ0v) is 35.5. The lowest BCUT2D eigenvalue weighted by atomic mass is 9.64. The number of phenolic OH excluding ortho intramolecular Hbond substituents is 2. The Hall–Kier alpha value is -6.61. The van der Waals surface area contributed by atoms with E-state index in [-0.39, 0.29) is 58.1 Å². The molecule has 11 N–H and O–H groups in total. The van der Waals surface area contributed by atoms with Crippen LogP contribution in [0.4, 0.5) is 0 Å². The first-order chi connectivity index (χ1) is 31.6. The first-order valence-electron chi connectivity index (χ1n) is 21.4. The Bertz CT molecular complexity index is 2640. The average Bonchev–Trinajstić information content (AvgIpc) is 4.10. The van der Waals surface area contributed by atoms with Crippen molar-refractivity contribution in [1.82, 2.24) is 0 Å². The number of aliphatic hydroxyl groups is 6.